The Morgan fingerprint density at radius 3 is 2.60 bits per heavy atom. The molecule has 0 bridgehead atoms. The Balaban J connectivity index is 1.78. The highest BCUT2D eigenvalue weighted by molar-refractivity contribution is 6.07. The van der Waals surface area contributed by atoms with Crippen LogP contribution in [0.15, 0.2) is 79.4 Å². The number of nitrogens with zero attached hydrogens (tertiary/aromatic N) is 4. The van der Waals surface area contributed by atoms with Crippen LogP contribution in [0.25, 0.3) is 22.8 Å². The van der Waals surface area contributed by atoms with Crippen molar-refractivity contribution in [2.24, 2.45) is 0 Å². The minimum atomic E-state index is -0.0571. The van der Waals surface area contributed by atoms with Gasteiger partial charge in [-0.2, -0.15) is 5.10 Å². The summed E-state index contributed by atoms with van der Waals surface area (Å²) in [7, 11) is 0. The Morgan fingerprint density at radius 2 is 1.80 bits per heavy atom. The van der Waals surface area contributed by atoms with Gasteiger partial charge < -0.3 is 0 Å². The molecule has 0 fully saturated rings. The first-order valence-electron chi connectivity index (χ1n) is 7.83. The van der Waals surface area contributed by atoms with Gasteiger partial charge in [-0.3, -0.25) is 4.79 Å². The van der Waals surface area contributed by atoms with Crippen molar-refractivity contribution in [1.82, 2.24) is 19.7 Å². The topological polar surface area (TPSA) is 60.7 Å². The number of carbonyl (C=O) groups excluding carboxylic acids is 1. The van der Waals surface area contributed by atoms with Gasteiger partial charge in [-0.25, -0.2) is 14.6 Å². The van der Waals surface area contributed by atoms with Crippen molar-refractivity contribution in [2.45, 2.75) is 0 Å². The Bertz CT molecular complexity index is 1050. The number of hydrogen-bond acceptors (Lipinski definition) is 4. The van der Waals surface area contributed by atoms with Crippen molar-refractivity contribution in [1.29, 1.82) is 0 Å². The van der Waals surface area contributed by atoms with Crippen LogP contribution in [0.3, 0.4) is 0 Å². The molecule has 0 aliphatic heterocycles. The molecule has 0 saturated heterocycles. The largest absolute Gasteiger partial charge is 0.289 e. The third kappa shape index (κ3) is 3.07. The van der Waals surface area contributed by atoms with Crippen LogP contribution in [0.2, 0.25) is 0 Å². The van der Waals surface area contributed by atoms with E-state index in [4.69, 9.17) is 0 Å². The summed E-state index contributed by atoms with van der Waals surface area (Å²) in [6.07, 6.45) is 6.38. The number of benzene rings is 2. The first-order valence-corrected chi connectivity index (χ1v) is 7.83. The van der Waals surface area contributed by atoms with E-state index in [1.807, 2.05) is 48.5 Å². The smallest absolute Gasteiger partial charge is 0.185 e. The van der Waals surface area contributed by atoms with Crippen molar-refractivity contribution in [3.8, 4) is 5.82 Å². The van der Waals surface area contributed by atoms with E-state index in [1.165, 1.54) is 6.33 Å². The molecule has 5 heteroatoms. The van der Waals surface area contributed by atoms with Gasteiger partial charge in [0.15, 0.2) is 11.6 Å². The monoisotopic (exact) mass is 326 g/mol. The number of rotatable bonds is 4. The average Bonchev–Trinajstić information content (AvgIpc) is 3.20. The summed E-state index contributed by atoms with van der Waals surface area (Å²) in [5.41, 5.74) is 2.31. The van der Waals surface area contributed by atoms with Gasteiger partial charge in [0, 0.05) is 16.5 Å². The van der Waals surface area contributed by atoms with E-state index >= 15 is 0 Å². The molecule has 0 atom stereocenters. The summed E-state index contributed by atoms with van der Waals surface area (Å²) >= 11 is 0. The molecule has 0 saturated carbocycles. The van der Waals surface area contributed by atoms with Gasteiger partial charge >= 0.3 is 0 Å². The van der Waals surface area contributed by atoms with Gasteiger partial charge in [-0.15, -0.1) is 0 Å². The molecule has 2 aromatic heterocycles. The summed E-state index contributed by atoms with van der Waals surface area (Å²) in [5, 5.41) is 5.16. The number of carbonyl (C=O) groups is 1. The second kappa shape index (κ2) is 6.49. The molecule has 5 nitrogen and oxygen atoms in total. The average molecular weight is 326 g/mol. The van der Waals surface area contributed by atoms with Crippen LogP contribution in [0, 0.1) is 0 Å². The number of hydrogen-bond donors (Lipinski definition) is 0. The summed E-state index contributed by atoms with van der Waals surface area (Å²) in [6, 6.07) is 19.0. The lowest BCUT2D eigenvalue weighted by atomic mass is 10.1. The molecule has 0 aliphatic carbocycles. The third-order valence-corrected chi connectivity index (χ3v) is 3.84. The van der Waals surface area contributed by atoms with Crippen molar-refractivity contribution in [3.05, 3.63) is 90.5 Å². The maximum Gasteiger partial charge on any atom is 0.185 e. The van der Waals surface area contributed by atoms with E-state index in [9.17, 15) is 4.79 Å². The Morgan fingerprint density at radius 1 is 1.00 bits per heavy atom. The summed E-state index contributed by atoms with van der Waals surface area (Å²) in [5.74, 6) is 0.576. The number of para-hydroxylation sites is 1. The zero-order valence-corrected chi connectivity index (χ0v) is 13.3. The summed E-state index contributed by atoms with van der Waals surface area (Å²) < 4.78 is 1.60. The Labute approximate surface area is 144 Å². The van der Waals surface area contributed by atoms with Crippen LogP contribution < -0.4 is 0 Å². The quantitative estimate of drug-likeness (QED) is 0.424. The fourth-order valence-electron chi connectivity index (χ4n) is 2.61. The fraction of sp³-hybridized carbons (Fsp3) is 0. The van der Waals surface area contributed by atoms with Crippen LogP contribution in [-0.4, -0.2) is 25.5 Å². The zero-order chi connectivity index (χ0) is 17.1. The van der Waals surface area contributed by atoms with Gasteiger partial charge in [-0.05, 0) is 24.3 Å². The van der Waals surface area contributed by atoms with Crippen molar-refractivity contribution >= 4 is 22.8 Å². The number of ketones is 1. The maximum absolute atomic E-state index is 12.3. The molecule has 0 aliphatic rings. The van der Waals surface area contributed by atoms with Crippen molar-refractivity contribution in [3.63, 3.8) is 0 Å². The van der Waals surface area contributed by atoms with Gasteiger partial charge in [0.05, 0.1) is 5.52 Å². The maximum atomic E-state index is 12.3. The molecule has 0 radical (unpaired) electrons. The van der Waals surface area contributed by atoms with Gasteiger partial charge in [-0.1, -0.05) is 48.5 Å². The molecule has 4 rings (SSSR count). The molecule has 0 N–H and O–H groups in total. The predicted octanol–water partition coefficient (Wildman–Crippen LogP) is 3.71. The Hall–Kier alpha value is -3.60. The minimum Gasteiger partial charge on any atom is -0.289 e. The molecule has 25 heavy (non-hydrogen) atoms. The van der Waals surface area contributed by atoms with Crippen molar-refractivity contribution in [2.75, 3.05) is 0 Å². The van der Waals surface area contributed by atoms with Crippen LogP contribution in [0.5, 0.6) is 0 Å². The first kappa shape index (κ1) is 15.0. The number of fused-ring (bicyclic) bond motifs is 1. The number of allylic oxidation sites excluding steroid dienone is 1. The molecule has 120 valence electrons. The van der Waals surface area contributed by atoms with E-state index in [0.717, 1.165) is 16.5 Å². The lowest BCUT2D eigenvalue weighted by molar-refractivity contribution is 0.104. The van der Waals surface area contributed by atoms with Gasteiger partial charge in [0.2, 0.25) is 0 Å². The molecule has 2 heterocycles. The SMILES string of the molecule is O=C(/C=C/c1cc2ccccc2nc1-n1cncn1)c1ccccc1. The van der Waals surface area contributed by atoms with Crippen LogP contribution in [0.1, 0.15) is 15.9 Å². The first-order chi connectivity index (χ1) is 12.3. The number of pyridine rings is 1. The molecule has 0 amide bonds. The summed E-state index contributed by atoms with van der Waals surface area (Å²) in [6.45, 7) is 0. The lowest BCUT2D eigenvalue weighted by Gasteiger charge is -2.07. The second-order valence-corrected chi connectivity index (χ2v) is 5.50. The van der Waals surface area contributed by atoms with Gasteiger partial charge in [0.1, 0.15) is 12.7 Å². The molecule has 2 aromatic carbocycles. The highest BCUT2D eigenvalue weighted by Crippen LogP contribution is 2.20. The molecular formula is C20H14N4O. The standard InChI is InChI=1S/C20H14N4O/c25-19(15-6-2-1-3-7-15)11-10-17-12-16-8-4-5-9-18(16)23-20(17)24-14-21-13-22-24/h1-14H/b11-10+. The van der Waals surface area contributed by atoms with Crippen molar-refractivity contribution < 1.29 is 4.79 Å². The normalized spacial score (nSPS) is 11.2. The summed E-state index contributed by atoms with van der Waals surface area (Å²) in [4.78, 5) is 21.0. The highest BCUT2D eigenvalue weighted by Gasteiger charge is 2.08. The molecule has 0 spiro atoms. The highest BCUT2D eigenvalue weighted by atomic mass is 16.1. The van der Waals surface area contributed by atoms with Crippen LogP contribution >= 0.6 is 0 Å². The predicted molar refractivity (Wildman–Crippen MR) is 96.5 cm³/mol. The van der Waals surface area contributed by atoms with E-state index in [-0.39, 0.29) is 5.78 Å². The fourth-order valence-corrected chi connectivity index (χ4v) is 2.61. The zero-order valence-electron chi connectivity index (χ0n) is 13.3. The minimum absolute atomic E-state index is 0.0571. The Kier molecular flexibility index (Phi) is 3.88. The van der Waals surface area contributed by atoms with Gasteiger partial charge in [0.25, 0.3) is 0 Å². The number of aromatic nitrogens is 4. The third-order valence-electron chi connectivity index (χ3n) is 3.84. The lowest BCUT2D eigenvalue weighted by Crippen LogP contribution is -2.02. The molecular weight excluding hydrogens is 312 g/mol. The molecule has 4 aromatic rings. The molecule has 0 unspecified atom stereocenters. The van der Waals surface area contributed by atoms with Crippen LogP contribution in [-0.2, 0) is 0 Å². The van der Waals surface area contributed by atoms with E-state index < -0.39 is 0 Å². The van der Waals surface area contributed by atoms with E-state index in [2.05, 4.69) is 15.1 Å². The van der Waals surface area contributed by atoms with E-state index in [1.54, 1.807) is 35.3 Å². The van der Waals surface area contributed by atoms with E-state index in [0.29, 0.717) is 11.4 Å². The van der Waals surface area contributed by atoms with Crippen LogP contribution in [0.4, 0.5) is 0 Å². The second-order valence-electron chi connectivity index (χ2n) is 5.50.